The van der Waals surface area contributed by atoms with E-state index >= 15 is 0 Å². The number of hydrogen-bond acceptors (Lipinski definition) is 3. The average Bonchev–Trinajstić information content (AvgIpc) is 2.91. The number of aliphatic hydroxyl groups is 1. The first-order valence-corrected chi connectivity index (χ1v) is 6.55. The summed E-state index contributed by atoms with van der Waals surface area (Å²) < 4.78 is 1.60. The first-order valence-electron chi connectivity index (χ1n) is 6.55. The van der Waals surface area contributed by atoms with E-state index in [-0.39, 0.29) is 18.6 Å². The van der Waals surface area contributed by atoms with E-state index in [1.54, 1.807) is 36.1 Å². The first kappa shape index (κ1) is 14.3. The van der Waals surface area contributed by atoms with Gasteiger partial charge in [0.15, 0.2) is 0 Å². The maximum atomic E-state index is 12.4. The van der Waals surface area contributed by atoms with E-state index in [0.717, 1.165) is 5.56 Å². The number of amides is 1. The van der Waals surface area contributed by atoms with Gasteiger partial charge < -0.3 is 10.0 Å². The molecule has 0 aliphatic rings. The minimum absolute atomic E-state index is 0.0320. The normalized spacial score (nSPS) is 12.2. The zero-order valence-electron chi connectivity index (χ0n) is 11.7. The number of nitrogens with zero attached hydrogens (tertiary/aromatic N) is 3. The maximum Gasteiger partial charge on any atom is 0.257 e. The molecule has 0 aliphatic heterocycles. The van der Waals surface area contributed by atoms with Crippen LogP contribution in [0.5, 0.6) is 0 Å². The molecular weight excluding hydrogens is 254 g/mol. The molecule has 2 aromatic rings. The molecule has 1 atom stereocenters. The number of rotatable bonds is 5. The molecule has 1 heterocycles. The Balaban J connectivity index is 2.23. The molecule has 1 amide bonds. The number of hydrogen-bond donors (Lipinski definition) is 1. The van der Waals surface area contributed by atoms with E-state index in [0.29, 0.717) is 12.0 Å². The SMILES string of the molecule is CN(C(=O)c1cnn(C)c1)C(CCO)c1ccccc1. The number of carbonyl (C=O) groups excluding carboxylic acids is 1. The van der Waals surface area contributed by atoms with Crippen molar-refractivity contribution in [1.82, 2.24) is 14.7 Å². The van der Waals surface area contributed by atoms with Crippen molar-refractivity contribution in [1.29, 1.82) is 0 Å². The summed E-state index contributed by atoms with van der Waals surface area (Å²) >= 11 is 0. The Bertz CT molecular complexity index is 566. The van der Waals surface area contributed by atoms with Gasteiger partial charge in [0.1, 0.15) is 0 Å². The number of carbonyl (C=O) groups is 1. The monoisotopic (exact) mass is 273 g/mol. The maximum absolute atomic E-state index is 12.4. The van der Waals surface area contributed by atoms with E-state index in [2.05, 4.69) is 5.10 Å². The Labute approximate surface area is 118 Å². The fourth-order valence-corrected chi connectivity index (χ4v) is 2.26. The molecular formula is C15H19N3O2. The molecule has 5 nitrogen and oxygen atoms in total. The molecule has 0 spiro atoms. The summed E-state index contributed by atoms with van der Waals surface area (Å²) in [6.45, 7) is 0.0320. The molecule has 20 heavy (non-hydrogen) atoms. The van der Waals surface area contributed by atoms with Crippen LogP contribution >= 0.6 is 0 Å². The third-order valence-electron chi connectivity index (χ3n) is 3.33. The Morgan fingerprint density at radius 2 is 2.10 bits per heavy atom. The van der Waals surface area contributed by atoms with Crippen molar-refractivity contribution in [2.45, 2.75) is 12.5 Å². The lowest BCUT2D eigenvalue weighted by molar-refractivity contribution is 0.0705. The van der Waals surface area contributed by atoms with Crippen molar-refractivity contribution >= 4 is 5.91 Å². The molecule has 5 heteroatoms. The zero-order chi connectivity index (χ0) is 14.5. The van der Waals surface area contributed by atoms with E-state index in [1.807, 2.05) is 30.3 Å². The summed E-state index contributed by atoms with van der Waals surface area (Å²) in [5.41, 5.74) is 1.56. The smallest absolute Gasteiger partial charge is 0.257 e. The largest absolute Gasteiger partial charge is 0.396 e. The predicted molar refractivity (Wildman–Crippen MR) is 76.2 cm³/mol. The molecule has 1 aromatic heterocycles. The molecule has 0 saturated carbocycles. The van der Waals surface area contributed by atoms with Gasteiger partial charge in [-0.2, -0.15) is 5.10 Å². The molecule has 1 unspecified atom stereocenters. The molecule has 106 valence electrons. The van der Waals surface area contributed by atoms with Crippen LogP contribution < -0.4 is 0 Å². The van der Waals surface area contributed by atoms with Gasteiger partial charge in [-0.1, -0.05) is 30.3 Å². The minimum atomic E-state index is -0.145. The topological polar surface area (TPSA) is 58.4 Å². The second kappa shape index (κ2) is 6.34. The molecule has 0 fully saturated rings. The molecule has 0 radical (unpaired) electrons. The highest BCUT2D eigenvalue weighted by molar-refractivity contribution is 5.93. The Morgan fingerprint density at radius 3 is 2.65 bits per heavy atom. The van der Waals surface area contributed by atoms with Crippen molar-refractivity contribution in [2.24, 2.45) is 7.05 Å². The van der Waals surface area contributed by atoms with Crippen molar-refractivity contribution in [3.8, 4) is 0 Å². The average molecular weight is 273 g/mol. The quantitative estimate of drug-likeness (QED) is 0.900. The van der Waals surface area contributed by atoms with Gasteiger partial charge in [-0.25, -0.2) is 0 Å². The lowest BCUT2D eigenvalue weighted by atomic mass is 10.0. The summed E-state index contributed by atoms with van der Waals surface area (Å²) in [5, 5.41) is 13.3. The van der Waals surface area contributed by atoms with Gasteiger partial charge in [-0.15, -0.1) is 0 Å². The molecule has 1 aromatic carbocycles. The lowest BCUT2D eigenvalue weighted by Gasteiger charge is -2.28. The van der Waals surface area contributed by atoms with Crippen LogP contribution in [0.25, 0.3) is 0 Å². The Morgan fingerprint density at radius 1 is 1.40 bits per heavy atom. The zero-order valence-corrected chi connectivity index (χ0v) is 11.7. The molecule has 0 bridgehead atoms. The fraction of sp³-hybridized carbons (Fsp3) is 0.333. The van der Waals surface area contributed by atoms with E-state index in [9.17, 15) is 9.90 Å². The molecule has 1 N–H and O–H groups in total. The van der Waals surface area contributed by atoms with Crippen molar-refractivity contribution in [3.63, 3.8) is 0 Å². The summed E-state index contributed by atoms with van der Waals surface area (Å²) in [6, 6.07) is 9.58. The van der Waals surface area contributed by atoms with Gasteiger partial charge in [-0.05, 0) is 12.0 Å². The van der Waals surface area contributed by atoms with E-state index < -0.39 is 0 Å². The van der Waals surface area contributed by atoms with Gasteiger partial charge >= 0.3 is 0 Å². The predicted octanol–water partition coefficient (Wildman–Crippen LogP) is 1.62. The van der Waals surface area contributed by atoms with Crippen molar-refractivity contribution < 1.29 is 9.90 Å². The third-order valence-corrected chi connectivity index (χ3v) is 3.33. The molecule has 0 saturated heterocycles. The van der Waals surface area contributed by atoms with Gasteiger partial charge in [0.25, 0.3) is 5.91 Å². The Hall–Kier alpha value is -2.14. The van der Waals surface area contributed by atoms with E-state index in [4.69, 9.17) is 0 Å². The van der Waals surface area contributed by atoms with Crippen LogP contribution in [0.4, 0.5) is 0 Å². The highest BCUT2D eigenvalue weighted by Gasteiger charge is 2.23. The minimum Gasteiger partial charge on any atom is -0.396 e. The Kier molecular flexibility index (Phi) is 4.53. The van der Waals surface area contributed by atoms with E-state index in [1.165, 1.54) is 0 Å². The number of aromatic nitrogens is 2. The summed E-state index contributed by atoms with van der Waals surface area (Å²) in [5.74, 6) is -0.0968. The van der Waals surface area contributed by atoms with Crippen LogP contribution in [0.15, 0.2) is 42.7 Å². The molecule has 2 rings (SSSR count). The summed E-state index contributed by atoms with van der Waals surface area (Å²) in [7, 11) is 3.53. The van der Waals surface area contributed by atoms with Crippen molar-refractivity contribution in [2.75, 3.05) is 13.7 Å². The standard InChI is InChI=1S/C15H19N3O2/c1-17-11-13(10-16-17)15(20)18(2)14(8-9-19)12-6-4-3-5-7-12/h3-7,10-11,14,19H,8-9H2,1-2H3. The molecule has 0 aliphatic carbocycles. The second-order valence-electron chi connectivity index (χ2n) is 4.76. The summed E-state index contributed by atoms with van der Waals surface area (Å²) in [6.07, 6.45) is 3.76. The van der Waals surface area contributed by atoms with Crippen LogP contribution in [-0.2, 0) is 7.05 Å². The lowest BCUT2D eigenvalue weighted by Crippen LogP contribution is -2.31. The van der Waals surface area contributed by atoms with Gasteiger partial charge in [0, 0.05) is 26.9 Å². The second-order valence-corrected chi connectivity index (χ2v) is 4.76. The van der Waals surface area contributed by atoms with Crippen LogP contribution in [0.2, 0.25) is 0 Å². The van der Waals surface area contributed by atoms with Crippen LogP contribution in [-0.4, -0.2) is 39.3 Å². The number of aliphatic hydroxyl groups excluding tert-OH is 1. The van der Waals surface area contributed by atoms with Crippen molar-refractivity contribution in [3.05, 3.63) is 53.9 Å². The third kappa shape index (κ3) is 3.05. The first-order chi connectivity index (χ1) is 9.63. The number of aryl methyl sites for hydroxylation is 1. The van der Waals surface area contributed by atoms with Crippen LogP contribution in [0, 0.1) is 0 Å². The highest BCUT2D eigenvalue weighted by Crippen LogP contribution is 2.24. The fourth-order valence-electron chi connectivity index (χ4n) is 2.26. The highest BCUT2D eigenvalue weighted by atomic mass is 16.3. The van der Waals surface area contributed by atoms with Gasteiger partial charge in [0.2, 0.25) is 0 Å². The number of benzene rings is 1. The van der Waals surface area contributed by atoms with Gasteiger partial charge in [0.05, 0.1) is 17.8 Å². The van der Waals surface area contributed by atoms with Crippen LogP contribution in [0.1, 0.15) is 28.4 Å². The summed E-state index contributed by atoms with van der Waals surface area (Å²) in [4.78, 5) is 14.1. The van der Waals surface area contributed by atoms with Gasteiger partial charge in [-0.3, -0.25) is 9.48 Å². The van der Waals surface area contributed by atoms with Crippen LogP contribution in [0.3, 0.4) is 0 Å².